The Balaban J connectivity index is 2.02. The average molecular weight is 297 g/mol. The van der Waals surface area contributed by atoms with E-state index in [9.17, 15) is 5.11 Å². The van der Waals surface area contributed by atoms with Crippen molar-refractivity contribution in [3.8, 4) is 40.0 Å². The first-order valence-corrected chi connectivity index (χ1v) is 6.66. The molecule has 0 aliphatic heterocycles. The van der Waals surface area contributed by atoms with E-state index in [0.717, 1.165) is 11.1 Å². The monoisotopic (exact) mass is 297 g/mol. The lowest BCUT2D eigenvalue weighted by Gasteiger charge is -2.10. The van der Waals surface area contributed by atoms with E-state index < -0.39 is 0 Å². The largest absolute Gasteiger partial charge is 0.508 e. The van der Waals surface area contributed by atoms with Gasteiger partial charge in [-0.1, -0.05) is 6.07 Å². The molecule has 0 unspecified atom stereocenters. The molecule has 0 aliphatic carbocycles. The number of nitrogens with zero attached hydrogens (tertiary/aromatic N) is 2. The molecule has 0 aliphatic rings. The quantitative estimate of drug-likeness (QED) is 0.774. The fraction of sp³-hybridized carbons (Fsp3) is 0.125. The van der Waals surface area contributed by atoms with Crippen LogP contribution in [0.4, 0.5) is 0 Å². The minimum Gasteiger partial charge on any atom is -0.508 e. The summed E-state index contributed by atoms with van der Waals surface area (Å²) in [6.45, 7) is 0. The Bertz CT molecular complexity index is 782. The normalized spacial score (nSPS) is 10.5. The van der Waals surface area contributed by atoms with Gasteiger partial charge in [-0.15, -0.1) is 0 Å². The van der Waals surface area contributed by atoms with Crippen LogP contribution in [0.5, 0.6) is 17.2 Å². The second kappa shape index (κ2) is 5.77. The Morgan fingerprint density at radius 1 is 1.00 bits per heavy atom. The number of phenols is 1. The fourth-order valence-corrected chi connectivity index (χ4v) is 2.20. The fourth-order valence-electron chi connectivity index (χ4n) is 2.20. The lowest BCUT2D eigenvalue weighted by atomic mass is 10.1. The van der Waals surface area contributed by atoms with Crippen molar-refractivity contribution >= 4 is 0 Å². The predicted octanol–water partition coefficient (Wildman–Crippen LogP) is 2.86. The maximum Gasteiger partial charge on any atom is 0.181 e. The molecule has 3 aromatic rings. The van der Waals surface area contributed by atoms with Crippen LogP contribution in [0.25, 0.3) is 22.8 Å². The predicted molar refractivity (Wildman–Crippen MR) is 82.0 cm³/mol. The number of ether oxygens (including phenoxy) is 2. The van der Waals surface area contributed by atoms with Crippen molar-refractivity contribution in [2.24, 2.45) is 0 Å². The van der Waals surface area contributed by atoms with Gasteiger partial charge in [0, 0.05) is 5.56 Å². The van der Waals surface area contributed by atoms with Crippen LogP contribution >= 0.6 is 0 Å². The number of hydrogen-bond donors (Lipinski definition) is 2. The van der Waals surface area contributed by atoms with Crippen molar-refractivity contribution in [1.82, 2.24) is 15.2 Å². The van der Waals surface area contributed by atoms with Crippen molar-refractivity contribution < 1.29 is 14.6 Å². The number of nitrogens with one attached hydrogen (secondary N) is 1. The van der Waals surface area contributed by atoms with Crippen LogP contribution in [-0.4, -0.2) is 34.5 Å². The summed E-state index contributed by atoms with van der Waals surface area (Å²) in [6.07, 6.45) is 0. The molecule has 112 valence electrons. The van der Waals surface area contributed by atoms with Crippen LogP contribution in [0.1, 0.15) is 0 Å². The lowest BCUT2D eigenvalue weighted by Crippen LogP contribution is -1.94. The van der Waals surface area contributed by atoms with Crippen molar-refractivity contribution in [1.29, 1.82) is 0 Å². The SMILES string of the molecule is COc1cccc(-c2nc(-c3ccc(O)cc3)n[nH]2)c1OC. The van der Waals surface area contributed by atoms with Crippen molar-refractivity contribution in [2.75, 3.05) is 14.2 Å². The molecule has 0 saturated heterocycles. The van der Waals surface area contributed by atoms with Crippen LogP contribution < -0.4 is 9.47 Å². The third-order valence-corrected chi connectivity index (χ3v) is 3.27. The zero-order valence-corrected chi connectivity index (χ0v) is 12.2. The zero-order valence-electron chi connectivity index (χ0n) is 12.2. The molecule has 6 nitrogen and oxygen atoms in total. The molecule has 0 spiro atoms. The molecular weight excluding hydrogens is 282 g/mol. The maximum atomic E-state index is 9.33. The smallest absolute Gasteiger partial charge is 0.181 e. The van der Waals surface area contributed by atoms with Crippen molar-refractivity contribution in [3.05, 3.63) is 42.5 Å². The van der Waals surface area contributed by atoms with Crippen LogP contribution in [0.3, 0.4) is 0 Å². The van der Waals surface area contributed by atoms with Gasteiger partial charge in [-0.2, -0.15) is 5.10 Å². The minimum atomic E-state index is 0.203. The molecule has 0 atom stereocenters. The van der Waals surface area contributed by atoms with Crippen LogP contribution in [0, 0.1) is 0 Å². The van der Waals surface area contributed by atoms with Crippen LogP contribution in [0.15, 0.2) is 42.5 Å². The Hall–Kier alpha value is -3.02. The third kappa shape index (κ3) is 2.46. The molecular formula is C16H15N3O3. The van der Waals surface area contributed by atoms with Gasteiger partial charge in [0.15, 0.2) is 23.1 Å². The average Bonchev–Trinajstić information content (AvgIpc) is 3.04. The Labute approximate surface area is 127 Å². The number of H-pyrrole nitrogens is 1. The molecule has 0 bridgehead atoms. The molecule has 22 heavy (non-hydrogen) atoms. The van der Waals surface area contributed by atoms with Gasteiger partial charge in [0.25, 0.3) is 0 Å². The molecule has 1 heterocycles. The maximum absolute atomic E-state index is 9.33. The molecule has 0 amide bonds. The number of methoxy groups -OCH3 is 2. The molecule has 0 saturated carbocycles. The Morgan fingerprint density at radius 2 is 1.77 bits per heavy atom. The van der Waals surface area contributed by atoms with E-state index in [-0.39, 0.29) is 5.75 Å². The van der Waals surface area contributed by atoms with Gasteiger partial charge < -0.3 is 14.6 Å². The van der Waals surface area contributed by atoms with Gasteiger partial charge in [-0.05, 0) is 36.4 Å². The Morgan fingerprint density at radius 3 is 2.45 bits per heavy atom. The molecule has 6 heteroatoms. The van der Waals surface area contributed by atoms with Gasteiger partial charge in [0.2, 0.25) is 0 Å². The van der Waals surface area contributed by atoms with E-state index in [1.165, 1.54) is 0 Å². The van der Waals surface area contributed by atoms with Crippen LogP contribution in [-0.2, 0) is 0 Å². The number of phenolic OH excluding ortho intramolecular Hbond substituents is 1. The van der Waals surface area contributed by atoms with E-state index in [2.05, 4.69) is 15.2 Å². The minimum absolute atomic E-state index is 0.203. The van der Waals surface area contributed by atoms with Crippen LogP contribution in [0.2, 0.25) is 0 Å². The summed E-state index contributed by atoms with van der Waals surface area (Å²) in [5, 5.41) is 16.4. The molecule has 3 rings (SSSR count). The summed E-state index contributed by atoms with van der Waals surface area (Å²) in [5.41, 5.74) is 1.57. The van der Waals surface area contributed by atoms with Gasteiger partial charge in [-0.25, -0.2) is 4.98 Å². The molecule has 2 aromatic carbocycles. The first-order valence-electron chi connectivity index (χ1n) is 6.66. The number of benzene rings is 2. The highest BCUT2D eigenvalue weighted by molar-refractivity contribution is 5.70. The topological polar surface area (TPSA) is 80.3 Å². The summed E-state index contributed by atoms with van der Waals surface area (Å²) in [4.78, 5) is 4.48. The number of hydrogen-bond acceptors (Lipinski definition) is 5. The molecule has 0 radical (unpaired) electrons. The van der Waals surface area contributed by atoms with E-state index >= 15 is 0 Å². The third-order valence-electron chi connectivity index (χ3n) is 3.27. The number of aromatic amines is 1. The van der Waals surface area contributed by atoms with Gasteiger partial charge in [0.1, 0.15) is 5.75 Å². The van der Waals surface area contributed by atoms with E-state index in [4.69, 9.17) is 9.47 Å². The van der Waals surface area contributed by atoms with Gasteiger partial charge >= 0.3 is 0 Å². The van der Waals surface area contributed by atoms with E-state index in [0.29, 0.717) is 23.1 Å². The highest BCUT2D eigenvalue weighted by Gasteiger charge is 2.15. The first kappa shape index (κ1) is 13.9. The van der Waals surface area contributed by atoms with Crippen molar-refractivity contribution in [3.63, 3.8) is 0 Å². The van der Waals surface area contributed by atoms with Gasteiger partial charge in [-0.3, -0.25) is 5.10 Å². The number of rotatable bonds is 4. The first-order chi connectivity index (χ1) is 10.7. The highest BCUT2D eigenvalue weighted by Crippen LogP contribution is 2.36. The second-order valence-electron chi connectivity index (χ2n) is 4.60. The summed E-state index contributed by atoms with van der Waals surface area (Å²) in [7, 11) is 3.17. The Kier molecular flexibility index (Phi) is 3.65. The summed E-state index contributed by atoms with van der Waals surface area (Å²) in [5.74, 6) is 2.55. The summed E-state index contributed by atoms with van der Waals surface area (Å²) < 4.78 is 10.7. The van der Waals surface area contributed by atoms with E-state index in [1.807, 2.05) is 18.2 Å². The van der Waals surface area contributed by atoms with E-state index in [1.54, 1.807) is 38.5 Å². The zero-order chi connectivity index (χ0) is 15.5. The summed E-state index contributed by atoms with van der Waals surface area (Å²) >= 11 is 0. The molecule has 0 fully saturated rings. The lowest BCUT2D eigenvalue weighted by molar-refractivity contribution is 0.356. The highest BCUT2D eigenvalue weighted by atomic mass is 16.5. The second-order valence-corrected chi connectivity index (χ2v) is 4.60. The molecule has 1 aromatic heterocycles. The summed E-state index contributed by atoms with van der Waals surface area (Å²) in [6, 6.07) is 12.3. The van der Waals surface area contributed by atoms with Gasteiger partial charge in [0.05, 0.1) is 19.8 Å². The number of aromatic hydroxyl groups is 1. The molecule has 2 N–H and O–H groups in total. The standard InChI is InChI=1S/C16H15N3O3/c1-21-13-5-3-4-12(14(13)22-2)16-17-15(18-19-16)10-6-8-11(20)9-7-10/h3-9,20H,1-2H3,(H,17,18,19). The number of aromatic nitrogens is 3. The number of para-hydroxylation sites is 1. The van der Waals surface area contributed by atoms with Crippen molar-refractivity contribution in [2.45, 2.75) is 0 Å².